The third kappa shape index (κ3) is 2.76. The zero-order valence-corrected chi connectivity index (χ0v) is 11.6. The Labute approximate surface area is 115 Å². The number of carbonyl (C=O) groups excluding carboxylic acids is 1. The number of benzene rings is 1. The van der Waals surface area contributed by atoms with E-state index in [2.05, 4.69) is 5.32 Å². The largest absolute Gasteiger partial charge is 0.481 e. The van der Waals surface area contributed by atoms with Crippen LogP contribution in [0.4, 0.5) is 0 Å². The molecular formula is C14H15NO3S. The molecule has 1 amide bonds. The Bertz CT molecular complexity index is 630. The number of carbonyl (C=O) groups is 2. The van der Waals surface area contributed by atoms with Crippen molar-refractivity contribution in [1.82, 2.24) is 5.32 Å². The summed E-state index contributed by atoms with van der Waals surface area (Å²) >= 11 is 1.50. The van der Waals surface area contributed by atoms with Crippen molar-refractivity contribution in [3.8, 4) is 0 Å². The van der Waals surface area contributed by atoms with E-state index in [9.17, 15) is 9.59 Å². The van der Waals surface area contributed by atoms with Gasteiger partial charge >= 0.3 is 5.97 Å². The van der Waals surface area contributed by atoms with Crippen LogP contribution < -0.4 is 5.32 Å². The van der Waals surface area contributed by atoms with Crippen LogP contribution in [-0.4, -0.2) is 23.5 Å². The maximum absolute atomic E-state index is 12.1. The molecular weight excluding hydrogens is 262 g/mol. The number of rotatable bonds is 4. The number of hydrogen-bond donors (Lipinski definition) is 2. The van der Waals surface area contributed by atoms with Crippen LogP contribution in [0.1, 0.15) is 24.2 Å². The van der Waals surface area contributed by atoms with Crippen LogP contribution >= 0.6 is 11.3 Å². The number of hydrogen-bond acceptors (Lipinski definition) is 3. The molecule has 0 atom stereocenters. The number of nitrogens with one attached hydrogen (secondary N) is 1. The summed E-state index contributed by atoms with van der Waals surface area (Å²) in [6.45, 7) is 3.27. The molecule has 100 valence electrons. The second kappa shape index (κ2) is 5.01. The predicted molar refractivity (Wildman–Crippen MR) is 75.6 cm³/mol. The molecule has 1 aromatic carbocycles. The second-order valence-electron chi connectivity index (χ2n) is 5.02. The Morgan fingerprint density at radius 2 is 2.00 bits per heavy atom. The minimum atomic E-state index is -0.971. The molecule has 0 fully saturated rings. The normalized spacial score (nSPS) is 11.5. The summed E-state index contributed by atoms with van der Waals surface area (Å²) in [5.41, 5.74) is -0.372. The molecule has 2 aromatic rings. The Balaban J connectivity index is 2.15. The van der Waals surface area contributed by atoms with E-state index in [4.69, 9.17) is 5.11 Å². The van der Waals surface area contributed by atoms with Crippen LogP contribution in [0.2, 0.25) is 0 Å². The third-order valence-electron chi connectivity index (χ3n) is 3.00. The monoisotopic (exact) mass is 277 g/mol. The fourth-order valence-electron chi connectivity index (χ4n) is 1.63. The zero-order valence-electron chi connectivity index (χ0n) is 10.8. The highest BCUT2D eigenvalue weighted by Crippen LogP contribution is 2.25. The van der Waals surface area contributed by atoms with Crippen LogP contribution in [0.15, 0.2) is 29.6 Å². The van der Waals surface area contributed by atoms with Crippen molar-refractivity contribution in [2.24, 2.45) is 5.41 Å². The standard InChI is InChI=1S/C14H15NO3S/c1-14(2,13(17)18)8-15-12(16)10-7-19-11-6-4-3-5-9(10)11/h3-7H,8H2,1-2H3,(H,15,16)(H,17,18). The average Bonchev–Trinajstić information content (AvgIpc) is 2.79. The van der Waals surface area contributed by atoms with Gasteiger partial charge in [0.05, 0.1) is 11.0 Å². The van der Waals surface area contributed by atoms with Gasteiger partial charge in [0.15, 0.2) is 0 Å². The zero-order chi connectivity index (χ0) is 14.0. The first-order valence-corrected chi connectivity index (χ1v) is 6.77. The first-order chi connectivity index (χ1) is 8.92. The van der Waals surface area contributed by atoms with Crippen LogP contribution in [0.3, 0.4) is 0 Å². The summed E-state index contributed by atoms with van der Waals surface area (Å²) in [6, 6.07) is 7.65. The molecule has 19 heavy (non-hydrogen) atoms. The molecule has 0 aliphatic heterocycles. The van der Waals surface area contributed by atoms with E-state index >= 15 is 0 Å². The highest BCUT2D eigenvalue weighted by Gasteiger charge is 2.28. The molecule has 5 heteroatoms. The minimum absolute atomic E-state index is 0.103. The summed E-state index contributed by atoms with van der Waals surface area (Å²) in [4.78, 5) is 23.1. The van der Waals surface area contributed by atoms with Gasteiger partial charge in [-0.25, -0.2) is 0 Å². The molecule has 2 rings (SSSR count). The Hall–Kier alpha value is -1.88. The molecule has 0 bridgehead atoms. The van der Waals surface area contributed by atoms with E-state index in [0.717, 1.165) is 10.1 Å². The molecule has 0 saturated heterocycles. The van der Waals surface area contributed by atoms with Gasteiger partial charge in [-0.05, 0) is 19.9 Å². The van der Waals surface area contributed by atoms with Crippen molar-refractivity contribution in [2.75, 3.05) is 6.54 Å². The van der Waals surface area contributed by atoms with Crippen molar-refractivity contribution in [3.05, 3.63) is 35.2 Å². The quantitative estimate of drug-likeness (QED) is 0.903. The van der Waals surface area contributed by atoms with Crippen molar-refractivity contribution >= 4 is 33.3 Å². The maximum Gasteiger partial charge on any atom is 0.310 e. The highest BCUT2D eigenvalue weighted by molar-refractivity contribution is 7.17. The first-order valence-electron chi connectivity index (χ1n) is 5.89. The van der Waals surface area contributed by atoms with Gasteiger partial charge in [-0.2, -0.15) is 0 Å². The number of thiophene rings is 1. The molecule has 1 heterocycles. The first kappa shape index (κ1) is 13.5. The minimum Gasteiger partial charge on any atom is -0.481 e. The number of carboxylic acid groups (broad SMARTS) is 1. The summed E-state index contributed by atoms with van der Waals surface area (Å²) in [7, 11) is 0. The third-order valence-corrected chi connectivity index (χ3v) is 3.96. The molecule has 1 aromatic heterocycles. The van der Waals surface area contributed by atoms with Crippen molar-refractivity contribution < 1.29 is 14.7 Å². The SMILES string of the molecule is CC(C)(CNC(=O)c1csc2ccccc12)C(=O)O. The van der Waals surface area contributed by atoms with Gasteiger partial charge in [0.25, 0.3) is 5.91 Å². The molecule has 0 aliphatic rings. The van der Waals surface area contributed by atoms with Gasteiger partial charge in [0, 0.05) is 22.0 Å². The number of carboxylic acids is 1. The topological polar surface area (TPSA) is 66.4 Å². The molecule has 0 aliphatic carbocycles. The van der Waals surface area contributed by atoms with Gasteiger partial charge < -0.3 is 10.4 Å². The predicted octanol–water partition coefficient (Wildman–Crippen LogP) is 2.74. The lowest BCUT2D eigenvalue weighted by molar-refractivity contribution is -0.146. The Morgan fingerprint density at radius 3 is 2.68 bits per heavy atom. The van der Waals surface area contributed by atoms with Gasteiger partial charge in [-0.1, -0.05) is 18.2 Å². The fourth-order valence-corrected chi connectivity index (χ4v) is 2.57. The van der Waals surface area contributed by atoms with Crippen LogP contribution in [0.25, 0.3) is 10.1 Å². The van der Waals surface area contributed by atoms with Gasteiger partial charge in [0.1, 0.15) is 0 Å². The van der Waals surface area contributed by atoms with E-state index < -0.39 is 11.4 Å². The summed E-state index contributed by atoms with van der Waals surface area (Å²) in [6.07, 6.45) is 0. The van der Waals surface area contributed by atoms with E-state index in [1.807, 2.05) is 24.3 Å². The smallest absolute Gasteiger partial charge is 0.310 e. The lowest BCUT2D eigenvalue weighted by Gasteiger charge is -2.19. The van der Waals surface area contributed by atoms with E-state index in [-0.39, 0.29) is 12.5 Å². The number of aliphatic carboxylic acids is 1. The van der Waals surface area contributed by atoms with E-state index in [1.54, 1.807) is 19.2 Å². The lowest BCUT2D eigenvalue weighted by Crippen LogP contribution is -2.38. The van der Waals surface area contributed by atoms with Crippen molar-refractivity contribution in [2.45, 2.75) is 13.8 Å². The number of fused-ring (bicyclic) bond motifs is 1. The highest BCUT2D eigenvalue weighted by atomic mass is 32.1. The Kier molecular flexibility index (Phi) is 3.57. The van der Waals surface area contributed by atoms with Crippen molar-refractivity contribution in [3.63, 3.8) is 0 Å². The maximum atomic E-state index is 12.1. The van der Waals surface area contributed by atoms with Crippen LogP contribution in [0.5, 0.6) is 0 Å². The van der Waals surface area contributed by atoms with Crippen LogP contribution in [-0.2, 0) is 4.79 Å². The molecule has 2 N–H and O–H groups in total. The van der Waals surface area contributed by atoms with Crippen molar-refractivity contribution in [1.29, 1.82) is 0 Å². The molecule has 0 spiro atoms. The fraction of sp³-hybridized carbons (Fsp3) is 0.286. The van der Waals surface area contributed by atoms with Gasteiger partial charge in [-0.3, -0.25) is 9.59 Å². The van der Waals surface area contributed by atoms with E-state index in [0.29, 0.717) is 5.56 Å². The molecule has 0 radical (unpaired) electrons. The lowest BCUT2D eigenvalue weighted by atomic mass is 9.94. The Morgan fingerprint density at radius 1 is 1.32 bits per heavy atom. The summed E-state index contributed by atoms with van der Waals surface area (Å²) in [5, 5.41) is 14.4. The summed E-state index contributed by atoms with van der Waals surface area (Å²) in [5.74, 6) is -1.16. The summed E-state index contributed by atoms with van der Waals surface area (Å²) < 4.78 is 1.05. The molecule has 4 nitrogen and oxygen atoms in total. The number of amides is 1. The van der Waals surface area contributed by atoms with Crippen LogP contribution in [0, 0.1) is 5.41 Å². The molecule has 0 unspecified atom stereocenters. The second-order valence-corrected chi connectivity index (χ2v) is 5.93. The van der Waals surface area contributed by atoms with Gasteiger partial charge in [-0.15, -0.1) is 11.3 Å². The molecule has 0 saturated carbocycles. The van der Waals surface area contributed by atoms with Gasteiger partial charge in [0.2, 0.25) is 0 Å². The average molecular weight is 277 g/mol. The van der Waals surface area contributed by atoms with E-state index in [1.165, 1.54) is 11.3 Å².